The van der Waals surface area contributed by atoms with Gasteiger partial charge in [-0.1, -0.05) is 6.42 Å². The van der Waals surface area contributed by atoms with E-state index in [0.717, 1.165) is 0 Å². The molecule has 0 rings (SSSR count). The van der Waals surface area contributed by atoms with Crippen LogP contribution in [0.25, 0.3) is 0 Å². The van der Waals surface area contributed by atoms with E-state index in [1.807, 2.05) is 0 Å². The van der Waals surface area contributed by atoms with Crippen LogP contribution in [0.4, 0.5) is 0 Å². The van der Waals surface area contributed by atoms with Gasteiger partial charge in [0.15, 0.2) is 5.78 Å². The van der Waals surface area contributed by atoms with Gasteiger partial charge in [-0.2, -0.15) is 0 Å². The number of aliphatic carboxylic acids is 1. The first-order chi connectivity index (χ1) is 9.84. The van der Waals surface area contributed by atoms with Crippen LogP contribution in [0.5, 0.6) is 0 Å². The standard InChI is InChI=1S/C12H24N2O7.ClH/c13-4-2-1-3-7(12(20)21)14-5-8(16)10(18)11(19)9(17)6-15;/h7,9-11,14-15,17-19H,1-6,13H2,(H,20,21);1H/t7-,9+,10+,11+;/m0./s1. The first-order valence-corrected chi connectivity index (χ1v) is 6.69. The minimum Gasteiger partial charge on any atom is -0.480 e. The SMILES string of the molecule is Cl.NCCCC[C@H](NCC(=O)[C@@H](O)[C@H](O)[C@H](O)CO)C(=O)O. The first-order valence-electron chi connectivity index (χ1n) is 6.69. The summed E-state index contributed by atoms with van der Waals surface area (Å²) >= 11 is 0. The molecule has 0 unspecified atom stereocenters. The summed E-state index contributed by atoms with van der Waals surface area (Å²) in [4.78, 5) is 22.6. The van der Waals surface area contributed by atoms with Crippen LogP contribution < -0.4 is 11.1 Å². The Labute approximate surface area is 134 Å². The van der Waals surface area contributed by atoms with Crippen molar-refractivity contribution >= 4 is 24.2 Å². The lowest BCUT2D eigenvalue weighted by Crippen LogP contribution is -2.48. The van der Waals surface area contributed by atoms with Gasteiger partial charge in [0.1, 0.15) is 24.4 Å². The summed E-state index contributed by atoms with van der Waals surface area (Å²) in [5.74, 6) is -2.01. The predicted octanol–water partition coefficient (Wildman–Crippen LogP) is -2.78. The number of aliphatic hydroxyl groups is 4. The lowest BCUT2D eigenvalue weighted by Gasteiger charge is -2.21. The van der Waals surface area contributed by atoms with E-state index < -0.39 is 49.3 Å². The molecule has 0 aliphatic heterocycles. The Morgan fingerprint density at radius 3 is 2.18 bits per heavy atom. The van der Waals surface area contributed by atoms with Crippen LogP contribution in [0.3, 0.4) is 0 Å². The van der Waals surface area contributed by atoms with Gasteiger partial charge >= 0.3 is 5.97 Å². The van der Waals surface area contributed by atoms with Crippen LogP contribution in [-0.4, -0.2) is 81.3 Å². The maximum atomic E-state index is 11.6. The van der Waals surface area contributed by atoms with Gasteiger partial charge in [0.05, 0.1) is 13.2 Å². The third-order valence-corrected chi connectivity index (χ3v) is 3.00. The highest BCUT2D eigenvalue weighted by Gasteiger charge is 2.30. The molecule has 10 heteroatoms. The van der Waals surface area contributed by atoms with E-state index in [1.54, 1.807) is 0 Å². The number of rotatable bonds is 12. The van der Waals surface area contributed by atoms with Crippen LogP contribution in [0.15, 0.2) is 0 Å². The number of carbonyl (C=O) groups is 2. The van der Waals surface area contributed by atoms with Crippen molar-refractivity contribution in [3.63, 3.8) is 0 Å². The fraction of sp³-hybridized carbons (Fsp3) is 0.833. The molecule has 0 heterocycles. The number of nitrogens with one attached hydrogen (secondary N) is 1. The van der Waals surface area contributed by atoms with Gasteiger partial charge in [-0.3, -0.25) is 14.9 Å². The molecule has 0 aliphatic rings. The molecule has 0 aromatic rings. The third-order valence-electron chi connectivity index (χ3n) is 3.00. The number of halogens is 1. The van der Waals surface area contributed by atoms with E-state index in [9.17, 15) is 19.8 Å². The molecular formula is C12H25ClN2O7. The van der Waals surface area contributed by atoms with E-state index in [-0.39, 0.29) is 18.8 Å². The van der Waals surface area contributed by atoms with Crippen LogP contribution in [0.2, 0.25) is 0 Å². The molecule has 4 atom stereocenters. The van der Waals surface area contributed by atoms with E-state index in [2.05, 4.69) is 5.32 Å². The van der Waals surface area contributed by atoms with Crippen molar-refractivity contribution in [1.82, 2.24) is 5.32 Å². The van der Waals surface area contributed by atoms with E-state index in [0.29, 0.717) is 19.4 Å². The van der Waals surface area contributed by atoms with Gasteiger partial charge < -0.3 is 31.3 Å². The monoisotopic (exact) mass is 344 g/mol. The Bertz CT molecular complexity index is 333. The largest absolute Gasteiger partial charge is 0.480 e. The number of Topliss-reactive ketones (excluding diaryl/α,β-unsaturated/α-hetero) is 1. The van der Waals surface area contributed by atoms with Crippen LogP contribution in [0, 0.1) is 0 Å². The number of hydrogen-bond donors (Lipinski definition) is 7. The lowest BCUT2D eigenvalue weighted by atomic mass is 10.0. The van der Waals surface area contributed by atoms with Crippen molar-refractivity contribution in [1.29, 1.82) is 0 Å². The summed E-state index contributed by atoms with van der Waals surface area (Å²) in [6, 6.07) is -0.965. The maximum absolute atomic E-state index is 11.6. The van der Waals surface area contributed by atoms with Crippen LogP contribution in [-0.2, 0) is 9.59 Å². The zero-order valence-electron chi connectivity index (χ0n) is 12.1. The number of ketones is 1. The van der Waals surface area contributed by atoms with Crippen molar-refractivity contribution in [3.8, 4) is 0 Å². The van der Waals surface area contributed by atoms with Crippen LogP contribution in [0.1, 0.15) is 19.3 Å². The molecule has 0 radical (unpaired) electrons. The lowest BCUT2D eigenvalue weighted by molar-refractivity contribution is -0.141. The third kappa shape index (κ3) is 8.59. The normalized spacial score (nSPS) is 16.2. The maximum Gasteiger partial charge on any atom is 0.320 e. The van der Waals surface area contributed by atoms with Gasteiger partial charge in [0.25, 0.3) is 0 Å². The van der Waals surface area contributed by atoms with E-state index >= 15 is 0 Å². The fourth-order valence-electron chi connectivity index (χ4n) is 1.64. The summed E-state index contributed by atoms with van der Waals surface area (Å²) in [6.07, 6.45) is -3.88. The molecule has 8 N–H and O–H groups in total. The summed E-state index contributed by atoms with van der Waals surface area (Å²) in [7, 11) is 0. The van der Waals surface area contributed by atoms with Crippen molar-refractivity contribution in [2.24, 2.45) is 5.73 Å². The topological polar surface area (TPSA) is 173 Å². The molecule has 0 fully saturated rings. The molecule has 0 saturated carbocycles. The molecule has 0 aromatic carbocycles. The Hall–Kier alpha value is -0.810. The quantitative estimate of drug-likeness (QED) is 0.185. The van der Waals surface area contributed by atoms with Crippen molar-refractivity contribution in [2.75, 3.05) is 19.7 Å². The van der Waals surface area contributed by atoms with Gasteiger partial charge in [-0.05, 0) is 19.4 Å². The number of carbonyl (C=O) groups excluding carboxylic acids is 1. The van der Waals surface area contributed by atoms with Crippen molar-refractivity contribution in [2.45, 2.75) is 43.6 Å². The molecule has 0 aromatic heterocycles. The summed E-state index contributed by atoms with van der Waals surface area (Å²) < 4.78 is 0. The molecule has 22 heavy (non-hydrogen) atoms. The molecule has 132 valence electrons. The van der Waals surface area contributed by atoms with Gasteiger partial charge in [-0.15, -0.1) is 12.4 Å². The number of carboxylic acids is 1. The molecule has 9 nitrogen and oxygen atoms in total. The van der Waals surface area contributed by atoms with E-state index in [1.165, 1.54) is 0 Å². The van der Waals surface area contributed by atoms with Crippen molar-refractivity contribution < 1.29 is 35.1 Å². The predicted molar refractivity (Wildman–Crippen MR) is 79.7 cm³/mol. The second-order valence-corrected chi connectivity index (χ2v) is 4.71. The Morgan fingerprint density at radius 2 is 1.73 bits per heavy atom. The Balaban J connectivity index is 0. The molecular weight excluding hydrogens is 320 g/mol. The van der Waals surface area contributed by atoms with Crippen molar-refractivity contribution in [3.05, 3.63) is 0 Å². The average Bonchev–Trinajstić information content (AvgIpc) is 2.47. The number of nitrogens with two attached hydrogens (primary N) is 1. The zero-order chi connectivity index (χ0) is 16.4. The highest BCUT2D eigenvalue weighted by Crippen LogP contribution is 2.03. The van der Waals surface area contributed by atoms with Gasteiger partial charge in [-0.25, -0.2) is 0 Å². The molecule has 0 bridgehead atoms. The highest BCUT2D eigenvalue weighted by molar-refractivity contribution is 5.86. The second kappa shape index (κ2) is 12.7. The highest BCUT2D eigenvalue weighted by atomic mass is 35.5. The molecule has 0 saturated heterocycles. The minimum atomic E-state index is -1.90. The first kappa shape index (κ1) is 23.5. The zero-order valence-corrected chi connectivity index (χ0v) is 12.9. The fourth-order valence-corrected chi connectivity index (χ4v) is 1.64. The van der Waals surface area contributed by atoms with Crippen LogP contribution >= 0.6 is 12.4 Å². The number of unbranched alkanes of at least 4 members (excludes halogenated alkanes) is 1. The van der Waals surface area contributed by atoms with Gasteiger partial charge in [0, 0.05) is 0 Å². The van der Waals surface area contributed by atoms with Gasteiger partial charge in [0.2, 0.25) is 0 Å². The number of carboxylic acid groups (broad SMARTS) is 1. The van der Waals surface area contributed by atoms with E-state index in [4.69, 9.17) is 21.1 Å². The minimum absolute atomic E-state index is 0. The Morgan fingerprint density at radius 1 is 1.14 bits per heavy atom. The average molecular weight is 345 g/mol. The second-order valence-electron chi connectivity index (χ2n) is 4.71. The Kier molecular flexibility index (Phi) is 13.5. The smallest absolute Gasteiger partial charge is 0.320 e. The summed E-state index contributed by atoms with van der Waals surface area (Å²) in [5, 5.41) is 48.0. The number of aliphatic hydroxyl groups excluding tert-OH is 4. The number of hydrogen-bond acceptors (Lipinski definition) is 8. The summed E-state index contributed by atoms with van der Waals surface area (Å²) in [5.41, 5.74) is 5.30. The summed E-state index contributed by atoms with van der Waals surface area (Å²) in [6.45, 7) is -0.846. The molecule has 0 amide bonds. The molecule has 0 spiro atoms. The molecule has 0 aliphatic carbocycles.